The van der Waals surface area contributed by atoms with Crippen LogP contribution in [-0.4, -0.2) is 24.5 Å². The Labute approximate surface area is 102 Å². The number of hydrogen-bond donors (Lipinski definition) is 1. The van der Waals surface area contributed by atoms with Crippen molar-refractivity contribution in [3.8, 4) is 0 Å². The summed E-state index contributed by atoms with van der Waals surface area (Å²) in [4.78, 5) is 0. The van der Waals surface area contributed by atoms with E-state index in [1.165, 1.54) is 0 Å². The number of thiol groups is 1. The van der Waals surface area contributed by atoms with Gasteiger partial charge >= 0.3 is 29.6 Å². The molecule has 0 amide bonds. The minimum atomic E-state index is -3.98. The van der Waals surface area contributed by atoms with Crippen LogP contribution in [0.3, 0.4) is 0 Å². The van der Waals surface area contributed by atoms with Crippen LogP contribution in [0.25, 0.3) is 0 Å². The third-order valence-corrected chi connectivity index (χ3v) is 2.41. The van der Waals surface area contributed by atoms with Crippen LogP contribution in [0.5, 0.6) is 0 Å². The first-order valence-corrected chi connectivity index (χ1v) is 5.81. The Bertz CT molecular complexity index is 179. The van der Waals surface area contributed by atoms with E-state index >= 15 is 0 Å². The minimum Gasteiger partial charge on any atom is -0.748 e. The molecule has 0 N–H and O–H groups in total. The normalized spacial score (nSPS) is 10.8. The summed E-state index contributed by atoms with van der Waals surface area (Å²) in [6, 6.07) is 0. The third kappa shape index (κ3) is 13.8. The van der Waals surface area contributed by atoms with Crippen molar-refractivity contribution in [2.45, 2.75) is 25.7 Å². The van der Waals surface area contributed by atoms with Crippen LogP contribution >= 0.6 is 12.6 Å². The molecule has 0 aromatic rings. The molecule has 3 nitrogen and oxygen atoms in total. The SMILES string of the molecule is O=S(=O)([O-])CCCCCCS.[Na+]. The summed E-state index contributed by atoms with van der Waals surface area (Å²) >= 11 is 4.00. The summed E-state index contributed by atoms with van der Waals surface area (Å²) in [7, 11) is -3.98. The van der Waals surface area contributed by atoms with Crippen molar-refractivity contribution in [3.05, 3.63) is 0 Å². The monoisotopic (exact) mass is 220 g/mol. The maximum Gasteiger partial charge on any atom is 1.00 e. The minimum absolute atomic E-state index is 0. The average molecular weight is 220 g/mol. The zero-order valence-electron chi connectivity index (χ0n) is 7.32. The summed E-state index contributed by atoms with van der Waals surface area (Å²) < 4.78 is 30.3. The third-order valence-electron chi connectivity index (χ3n) is 1.30. The topological polar surface area (TPSA) is 57.2 Å². The molecular formula is C6H13NaO3S2. The van der Waals surface area contributed by atoms with Gasteiger partial charge in [-0.2, -0.15) is 12.6 Å². The van der Waals surface area contributed by atoms with E-state index in [9.17, 15) is 13.0 Å². The van der Waals surface area contributed by atoms with E-state index in [0.717, 1.165) is 25.0 Å². The van der Waals surface area contributed by atoms with E-state index in [2.05, 4.69) is 12.6 Å². The van der Waals surface area contributed by atoms with E-state index in [0.29, 0.717) is 6.42 Å². The van der Waals surface area contributed by atoms with Crippen LogP contribution in [0.2, 0.25) is 0 Å². The van der Waals surface area contributed by atoms with Crippen LogP contribution < -0.4 is 29.6 Å². The molecule has 0 atom stereocenters. The molecule has 0 spiro atoms. The summed E-state index contributed by atoms with van der Waals surface area (Å²) in [6.45, 7) is 0. The molecule has 0 rings (SSSR count). The molecule has 0 aromatic carbocycles. The van der Waals surface area contributed by atoms with Gasteiger partial charge in [0.2, 0.25) is 0 Å². The molecule has 0 aliphatic carbocycles. The molecule has 0 fully saturated rings. The Kier molecular flexibility index (Phi) is 11.6. The van der Waals surface area contributed by atoms with Gasteiger partial charge in [0.15, 0.2) is 0 Å². The fourth-order valence-corrected chi connectivity index (χ4v) is 1.53. The first-order chi connectivity index (χ1) is 5.06. The summed E-state index contributed by atoms with van der Waals surface area (Å²) in [5.74, 6) is 0.601. The Morgan fingerprint density at radius 1 is 1.08 bits per heavy atom. The van der Waals surface area contributed by atoms with Crippen molar-refractivity contribution in [2.75, 3.05) is 11.5 Å². The fourth-order valence-electron chi connectivity index (χ4n) is 0.744. The second-order valence-electron chi connectivity index (χ2n) is 2.40. The van der Waals surface area contributed by atoms with Gasteiger partial charge in [0.25, 0.3) is 0 Å². The van der Waals surface area contributed by atoms with Crippen molar-refractivity contribution in [1.29, 1.82) is 0 Å². The molecule has 0 unspecified atom stereocenters. The van der Waals surface area contributed by atoms with Gasteiger partial charge in [0.1, 0.15) is 0 Å². The standard InChI is InChI=1S/C6H14O3S2.Na/c7-11(8,9)6-4-2-1-3-5-10;/h10H,1-6H2,(H,7,8,9);/q;+1/p-1. The number of rotatable bonds is 6. The van der Waals surface area contributed by atoms with Gasteiger partial charge in [-0.25, -0.2) is 8.42 Å². The number of unbranched alkanes of at least 4 members (excludes halogenated alkanes) is 3. The molecule has 12 heavy (non-hydrogen) atoms. The van der Waals surface area contributed by atoms with E-state index in [4.69, 9.17) is 0 Å². The molecule has 0 heterocycles. The largest absolute Gasteiger partial charge is 1.00 e. The maximum atomic E-state index is 10.1. The van der Waals surface area contributed by atoms with Crippen molar-refractivity contribution >= 4 is 22.7 Å². The van der Waals surface area contributed by atoms with Crippen LogP contribution in [0.1, 0.15) is 25.7 Å². The molecule has 0 saturated carbocycles. The summed E-state index contributed by atoms with van der Waals surface area (Å²) in [5, 5.41) is 0. The molecule has 0 bridgehead atoms. The van der Waals surface area contributed by atoms with Gasteiger partial charge < -0.3 is 4.55 Å². The quantitative estimate of drug-likeness (QED) is 0.244. The Hall–Kier alpha value is 1.26. The summed E-state index contributed by atoms with van der Waals surface area (Å²) in [6.07, 6.45) is 3.24. The predicted octanol–water partition coefficient (Wildman–Crippen LogP) is -1.97. The van der Waals surface area contributed by atoms with Gasteiger partial charge in [-0.1, -0.05) is 12.8 Å². The van der Waals surface area contributed by atoms with Crippen LogP contribution in [0.4, 0.5) is 0 Å². The average Bonchev–Trinajstić information content (AvgIpc) is 1.85. The van der Waals surface area contributed by atoms with Crippen LogP contribution in [-0.2, 0) is 10.1 Å². The predicted molar refractivity (Wildman–Crippen MR) is 46.9 cm³/mol. The van der Waals surface area contributed by atoms with Crippen LogP contribution in [0, 0.1) is 0 Å². The molecule has 0 aliphatic heterocycles. The molecule has 0 aliphatic rings. The molecule has 0 radical (unpaired) electrons. The van der Waals surface area contributed by atoms with Crippen molar-refractivity contribution in [1.82, 2.24) is 0 Å². The zero-order chi connectivity index (χ0) is 8.74. The van der Waals surface area contributed by atoms with Crippen molar-refractivity contribution in [2.24, 2.45) is 0 Å². The van der Waals surface area contributed by atoms with Gasteiger partial charge in [0.05, 0.1) is 10.1 Å². The molecule has 0 saturated heterocycles. The van der Waals surface area contributed by atoms with Crippen LogP contribution in [0.15, 0.2) is 0 Å². The van der Waals surface area contributed by atoms with Gasteiger partial charge in [0, 0.05) is 5.75 Å². The number of hydrogen-bond acceptors (Lipinski definition) is 4. The van der Waals surface area contributed by atoms with E-state index in [1.807, 2.05) is 0 Å². The molecule has 6 heteroatoms. The molecule has 0 aromatic heterocycles. The smallest absolute Gasteiger partial charge is 0.748 e. The van der Waals surface area contributed by atoms with E-state index in [1.54, 1.807) is 0 Å². The van der Waals surface area contributed by atoms with E-state index in [-0.39, 0.29) is 35.3 Å². The Morgan fingerprint density at radius 2 is 1.58 bits per heavy atom. The second-order valence-corrected chi connectivity index (χ2v) is 4.37. The Morgan fingerprint density at radius 3 is 2.00 bits per heavy atom. The second kappa shape index (κ2) is 8.84. The Balaban J connectivity index is 0. The van der Waals surface area contributed by atoms with Gasteiger partial charge in [-0.05, 0) is 18.6 Å². The fraction of sp³-hybridized carbons (Fsp3) is 1.00. The molecule has 68 valence electrons. The van der Waals surface area contributed by atoms with Gasteiger partial charge in [-0.3, -0.25) is 0 Å². The first kappa shape index (κ1) is 15.7. The van der Waals surface area contributed by atoms with E-state index < -0.39 is 10.1 Å². The van der Waals surface area contributed by atoms with Crippen molar-refractivity contribution < 1.29 is 42.5 Å². The van der Waals surface area contributed by atoms with Crippen molar-refractivity contribution in [3.63, 3.8) is 0 Å². The summed E-state index contributed by atoms with van der Waals surface area (Å²) in [5.41, 5.74) is 0. The zero-order valence-corrected chi connectivity index (χ0v) is 11.0. The van der Waals surface area contributed by atoms with Gasteiger partial charge in [-0.15, -0.1) is 0 Å². The molecular weight excluding hydrogens is 207 g/mol. The first-order valence-electron chi connectivity index (χ1n) is 3.60. The maximum absolute atomic E-state index is 10.1.